The second-order valence-corrected chi connectivity index (χ2v) is 4.51. The molecule has 6 heteroatoms. The van der Waals surface area contributed by atoms with Crippen molar-refractivity contribution >= 4 is 0 Å². The quantitative estimate of drug-likeness (QED) is 0.840. The standard InChI is InChI=1S/C14H19FN4O/c1-3-16-9-13-10-19(18-17-13)6-7-20-14-8-12(15)5-4-11(14)2/h4-5,8,10,16H,3,6-7,9H2,1-2H3. The Bertz CT molecular complexity index is 556. The molecule has 0 saturated carbocycles. The number of hydrogen-bond donors (Lipinski definition) is 1. The third-order valence-electron chi connectivity index (χ3n) is 2.87. The zero-order valence-corrected chi connectivity index (χ0v) is 11.8. The second-order valence-electron chi connectivity index (χ2n) is 4.51. The summed E-state index contributed by atoms with van der Waals surface area (Å²) >= 11 is 0. The molecule has 5 nitrogen and oxygen atoms in total. The van der Waals surface area contributed by atoms with E-state index in [0.717, 1.165) is 17.8 Å². The van der Waals surface area contributed by atoms with E-state index < -0.39 is 0 Å². The van der Waals surface area contributed by atoms with Gasteiger partial charge in [0.05, 0.1) is 12.2 Å². The number of nitrogens with one attached hydrogen (secondary N) is 1. The summed E-state index contributed by atoms with van der Waals surface area (Å²) in [7, 11) is 0. The topological polar surface area (TPSA) is 52.0 Å². The lowest BCUT2D eigenvalue weighted by atomic mass is 10.2. The summed E-state index contributed by atoms with van der Waals surface area (Å²) in [4.78, 5) is 0. The van der Waals surface area contributed by atoms with Gasteiger partial charge in [0.15, 0.2) is 0 Å². The van der Waals surface area contributed by atoms with Gasteiger partial charge < -0.3 is 10.1 Å². The molecule has 1 aromatic carbocycles. The average molecular weight is 278 g/mol. The van der Waals surface area contributed by atoms with Crippen molar-refractivity contribution in [2.45, 2.75) is 26.9 Å². The fourth-order valence-electron chi connectivity index (χ4n) is 1.76. The first-order valence-corrected chi connectivity index (χ1v) is 6.67. The van der Waals surface area contributed by atoms with Crippen molar-refractivity contribution in [2.24, 2.45) is 0 Å². The fraction of sp³-hybridized carbons (Fsp3) is 0.429. The van der Waals surface area contributed by atoms with E-state index in [2.05, 4.69) is 15.6 Å². The maximum absolute atomic E-state index is 13.1. The number of hydrogen-bond acceptors (Lipinski definition) is 4. The van der Waals surface area contributed by atoms with Crippen molar-refractivity contribution in [1.29, 1.82) is 0 Å². The molecule has 1 N–H and O–H groups in total. The van der Waals surface area contributed by atoms with Gasteiger partial charge in [-0.15, -0.1) is 5.10 Å². The molecular weight excluding hydrogens is 259 g/mol. The summed E-state index contributed by atoms with van der Waals surface area (Å²) < 4.78 is 20.4. The lowest BCUT2D eigenvalue weighted by Crippen LogP contribution is -2.12. The molecular formula is C14H19FN4O. The van der Waals surface area contributed by atoms with Crippen LogP contribution in [0.5, 0.6) is 5.75 Å². The highest BCUT2D eigenvalue weighted by Gasteiger charge is 2.03. The number of ether oxygens (including phenoxy) is 1. The van der Waals surface area contributed by atoms with Crippen LogP contribution in [0.3, 0.4) is 0 Å². The maximum atomic E-state index is 13.1. The summed E-state index contributed by atoms with van der Waals surface area (Å²) in [5, 5.41) is 11.2. The number of aryl methyl sites for hydroxylation is 1. The molecule has 108 valence electrons. The minimum absolute atomic E-state index is 0.292. The van der Waals surface area contributed by atoms with E-state index in [0.29, 0.717) is 25.4 Å². The van der Waals surface area contributed by atoms with Crippen molar-refractivity contribution in [2.75, 3.05) is 13.2 Å². The highest BCUT2D eigenvalue weighted by Crippen LogP contribution is 2.18. The summed E-state index contributed by atoms with van der Waals surface area (Å²) in [6.07, 6.45) is 1.88. The van der Waals surface area contributed by atoms with Crippen LogP contribution < -0.4 is 10.1 Å². The van der Waals surface area contributed by atoms with E-state index in [1.165, 1.54) is 12.1 Å². The Hall–Kier alpha value is -1.95. The Morgan fingerprint density at radius 1 is 1.40 bits per heavy atom. The van der Waals surface area contributed by atoms with Crippen LogP contribution >= 0.6 is 0 Å². The van der Waals surface area contributed by atoms with Crippen molar-refractivity contribution in [3.8, 4) is 5.75 Å². The molecule has 0 saturated heterocycles. The van der Waals surface area contributed by atoms with Gasteiger partial charge in [0.1, 0.15) is 18.2 Å². The fourth-order valence-corrected chi connectivity index (χ4v) is 1.76. The Balaban J connectivity index is 1.83. The normalized spacial score (nSPS) is 10.8. The number of aromatic nitrogens is 3. The highest BCUT2D eigenvalue weighted by atomic mass is 19.1. The van der Waals surface area contributed by atoms with E-state index >= 15 is 0 Å². The first-order valence-electron chi connectivity index (χ1n) is 6.67. The van der Waals surface area contributed by atoms with Gasteiger partial charge in [0.25, 0.3) is 0 Å². The van der Waals surface area contributed by atoms with Crippen LogP contribution in [0.2, 0.25) is 0 Å². The molecule has 0 amide bonds. The molecule has 0 radical (unpaired) electrons. The molecule has 0 fully saturated rings. The van der Waals surface area contributed by atoms with Crippen molar-refractivity contribution in [3.63, 3.8) is 0 Å². The summed E-state index contributed by atoms with van der Waals surface area (Å²) in [5.74, 6) is 0.275. The molecule has 2 rings (SSSR count). The smallest absolute Gasteiger partial charge is 0.126 e. The summed E-state index contributed by atoms with van der Waals surface area (Å²) in [5.41, 5.74) is 1.81. The monoisotopic (exact) mass is 278 g/mol. The number of rotatable bonds is 7. The minimum atomic E-state index is -0.292. The van der Waals surface area contributed by atoms with Crippen LogP contribution in [0.25, 0.3) is 0 Å². The Kier molecular flexibility index (Phi) is 5.06. The third-order valence-corrected chi connectivity index (χ3v) is 2.87. The lowest BCUT2D eigenvalue weighted by molar-refractivity contribution is 0.286. The van der Waals surface area contributed by atoms with Crippen molar-refractivity contribution in [1.82, 2.24) is 20.3 Å². The first kappa shape index (κ1) is 14.5. The van der Waals surface area contributed by atoms with Gasteiger partial charge in [0, 0.05) is 18.8 Å². The van der Waals surface area contributed by atoms with Crippen LogP contribution in [-0.4, -0.2) is 28.1 Å². The van der Waals surface area contributed by atoms with Gasteiger partial charge in [-0.3, -0.25) is 0 Å². The van der Waals surface area contributed by atoms with Gasteiger partial charge in [-0.25, -0.2) is 9.07 Å². The molecule has 1 aromatic heterocycles. The van der Waals surface area contributed by atoms with Gasteiger partial charge >= 0.3 is 0 Å². The molecule has 2 aromatic rings. The van der Waals surface area contributed by atoms with E-state index in [1.807, 2.05) is 20.0 Å². The molecule has 0 bridgehead atoms. The molecule has 0 aliphatic rings. The zero-order valence-electron chi connectivity index (χ0n) is 11.8. The summed E-state index contributed by atoms with van der Waals surface area (Å²) in [6.45, 7) is 6.54. The van der Waals surface area contributed by atoms with E-state index in [1.54, 1.807) is 10.7 Å². The van der Waals surface area contributed by atoms with Crippen LogP contribution in [0.1, 0.15) is 18.2 Å². The minimum Gasteiger partial charge on any atom is -0.491 e. The number of benzene rings is 1. The third kappa shape index (κ3) is 4.03. The maximum Gasteiger partial charge on any atom is 0.126 e. The van der Waals surface area contributed by atoms with Gasteiger partial charge in [-0.05, 0) is 25.1 Å². The van der Waals surface area contributed by atoms with Gasteiger partial charge in [0.2, 0.25) is 0 Å². The second kappa shape index (κ2) is 7.00. The predicted octanol–water partition coefficient (Wildman–Crippen LogP) is 1.91. The Labute approximate surface area is 117 Å². The lowest BCUT2D eigenvalue weighted by Gasteiger charge is -2.08. The molecule has 0 aliphatic heterocycles. The predicted molar refractivity (Wildman–Crippen MR) is 74.0 cm³/mol. The number of nitrogens with zero attached hydrogens (tertiary/aromatic N) is 3. The molecule has 20 heavy (non-hydrogen) atoms. The zero-order chi connectivity index (χ0) is 14.4. The first-order chi connectivity index (χ1) is 9.69. The molecule has 0 unspecified atom stereocenters. The summed E-state index contributed by atoms with van der Waals surface area (Å²) in [6, 6.07) is 4.52. The largest absolute Gasteiger partial charge is 0.491 e. The molecule has 0 atom stereocenters. The van der Waals surface area contributed by atoms with Crippen LogP contribution in [-0.2, 0) is 13.1 Å². The van der Waals surface area contributed by atoms with E-state index in [4.69, 9.17) is 4.74 Å². The number of halogens is 1. The SMILES string of the molecule is CCNCc1cn(CCOc2cc(F)ccc2C)nn1. The van der Waals surface area contributed by atoms with E-state index in [9.17, 15) is 4.39 Å². The van der Waals surface area contributed by atoms with E-state index in [-0.39, 0.29) is 5.82 Å². The molecule has 1 heterocycles. The average Bonchev–Trinajstić information content (AvgIpc) is 2.88. The van der Waals surface area contributed by atoms with Gasteiger partial charge in [-0.1, -0.05) is 18.2 Å². The Morgan fingerprint density at radius 3 is 3.05 bits per heavy atom. The molecule has 0 spiro atoms. The van der Waals surface area contributed by atoms with Crippen molar-refractivity contribution < 1.29 is 9.13 Å². The molecule has 0 aliphatic carbocycles. The highest BCUT2D eigenvalue weighted by molar-refractivity contribution is 5.32. The van der Waals surface area contributed by atoms with Crippen LogP contribution in [0.15, 0.2) is 24.4 Å². The Morgan fingerprint density at radius 2 is 2.25 bits per heavy atom. The van der Waals surface area contributed by atoms with Crippen LogP contribution in [0, 0.1) is 12.7 Å². The van der Waals surface area contributed by atoms with Crippen LogP contribution in [0.4, 0.5) is 4.39 Å². The van der Waals surface area contributed by atoms with Gasteiger partial charge in [-0.2, -0.15) is 0 Å². The van der Waals surface area contributed by atoms with Crippen molar-refractivity contribution in [3.05, 3.63) is 41.5 Å².